The molecule has 5 nitrogen and oxygen atoms in total. The van der Waals surface area contributed by atoms with Crippen LogP contribution in [0.2, 0.25) is 0 Å². The SMILES string of the molecule is CCNC(=O)CCC/C=C\C[C@@H]1[C@@H](/C=C/[C@H](CCc2ccccc2)OC(C)C)[C@H](O)C[C@@H]1O. The lowest BCUT2D eigenvalue weighted by Gasteiger charge is -2.22. The lowest BCUT2D eigenvalue weighted by Crippen LogP contribution is -2.22. The molecular weight excluding hydrogens is 414 g/mol. The van der Waals surface area contributed by atoms with Gasteiger partial charge in [0.2, 0.25) is 5.91 Å². The fourth-order valence-electron chi connectivity index (χ4n) is 4.51. The van der Waals surface area contributed by atoms with Crippen molar-refractivity contribution >= 4 is 5.91 Å². The summed E-state index contributed by atoms with van der Waals surface area (Å²) in [5, 5.41) is 23.9. The van der Waals surface area contributed by atoms with Crippen LogP contribution in [0.5, 0.6) is 0 Å². The topological polar surface area (TPSA) is 78.8 Å². The summed E-state index contributed by atoms with van der Waals surface area (Å²) >= 11 is 0. The highest BCUT2D eigenvalue weighted by molar-refractivity contribution is 5.75. The number of rotatable bonds is 14. The lowest BCUT2D eigenvalue weighted by atomic mass is 9.89. The molecule has 0 unspecified atom stereocenters. The van der Waals surface area contributed by atoms with Crippen LogP contribution < -0.4 is 5.32 Å². The van der Waals surface area contributed by atoms with E-state index in [0.717, 1.165) is 25.7 Å². The van der Waals surface area contributed by atoms with Crippen molar-refractivity contribution in [1.82, 2.24) is 5.32 Å². The van der Waals surface area contributed by atoms with E-state index in [9.17, 15) is 15.0 Å². The van der Waals surface area contributed by atoms with Crippen LogP contribution in [0, 0.1) is 11.8 Å². The molecule has 5 heteroatoms. The number of amides is 1. The number of nitrogens with one attached hydrogen (secondary N) is 1. The maximum Gasteiger partial charge on any atom is 0.219 e. The molecule has 0 spiro atoms. The third-order valence-corrected chi connectivity index (χ3v) is 6.19. The number of allylic oxidation sites excluding steroid dienone is 2. The number of hydrogen-bond donors (Lipinski definition) is 3. The normalized spacial score (nSPS) is 24.2. The number of aliphatic hydroxyl groups is 2. The molecule has 5 atom stereocenters. The first-order valence-electron chi connectivity index (χ1n) is 12.6. The van der Waals surface area contributed by atoms with Crippen molar-refractivity contribution in [2.45, 2.75) is 90.1 Å². The van der Waals surface area contributed by atoms with Crippen molar-refractivity contribution in [3.8, 4) is 0 Å². The zero-order valence-electron chi connectivity index (χ0n) is 20.5. The molecule has 1 aromatic carbocycles. The molecule has 1 aliphatic rings. The number of hydrogen-bond acceptors (Lipinski definition) is 4. The molecular formula is C28H43NO4. The minimum atomic E-state index is -0.541. The molecule has 184 valence electrons. The summed E-state index contributed by atoms with van der Waals surface area (Å²) in [6.45, 7) is 6.67. The summed E-state index contributed by atoms with van der Waals surface area (Å²) in [7, 11) is 0. The molecule has 1 aliphatic carbocycles. The van der Waals surface area contributed by atoms with Crippen LogP contribution in [0.1, 0.15) is 64.9 Å². The molecule has 1 saturated carbocycles. The second-order valence-corrected chi connectivity index (χ2v) is 9.30. The summed E-state index contributed by atoms with van der Waals surface area (Å²) in [5.74, 6) is -0.00411. The maximum atomic E-state index is 11.5. The van der Waals surface area contributed by atoms with E-state index in [4.69, 9.17) is 4.74 Å². The fraction of sp³-hybridized carbons (Fsp3) is 0.607. The molecule has 1 fully saturated rings. The number of benzene rings is 1. The summed E-state index contributed by atoms with van der Waals surface area (Å²) in [6.07, 6.45) is 12.5. The molecule has 0 radical (unpaired) electrons. The van der Waals surface area contributed by atoms with Crippen LogP contribution in [-0.4, -0.2) is 47.1 Å². The van der Waals surface area contributed by atoms with E-state index < -0.39 is 12.2 Å². The number of aliphatic hydroxyl groups excluding tert-OH is 2. The van der Waals surface area contributed by atoms with Gasteiger partial charge in [-0.25, -0.2) is 0 Å². The summed E-state index contributed by atoms with van der Waals surface area (Å²) in [6, 6.07) is 10.4. The standard InChI is InChI=1S/C28H43NO4/c1-4-29-28(32)15-11-6-5-10-14-24-25(27(31)20-26(24)30)19-18-23(33-21(2)3)17-16-22-12-8-7-9-13-22/h5,7-10,12-13,18-19,21,23-27,30-31H,4,6,11,14-17,20H2,1-3H3,(H,29,32)/b10-5-,19-18+/t23-,24+,25+,26-,27+/m0/s1. The summed E-state index contributed by atoms with van der Waals surface area (Å²) < 4.78 is 6.11. The Morgan fingerprint density at radius 1 is 1.18 bits per heavy atom. The van der Waals surface area contributed by atoms with Crippen molar-refractivity contribution < 1.29 is 19.7 Å². The van der Waals surface area contributed by atoms with E-state index in [1.807, 2.05) is 26.8 Å². The largest absolute Gasteiger partial charge is 0.393 e. The maximum absolute atomic E-state index is 11.5. The minimum Gasteiger partial charge on any atom is -0.393 e. The monoisotopic (exact) mass is 457 g/mol. The Morgan fingerprint density at radius 3 is 2.64 bits per heavy atom. The van der Waals surface area contributed by atoms with Crippen molar-refractivity contribution in [3.63, 3.8) is 0 Å². The molecule has 0 aliphatic heterocycles. The van der Waals surface area contributed by atoms with Crippen molar-refractivity contribution in [3.05, 3.63) is 60.2 Å². The quantitative estimate of drug-likeness (QED) is 0.282. The van der Waals surface area contributed by atoms with Gasteiger partial charge in [0.1, 0.15) is 0 Å². The number of unbranched alkanes of at least 4 members (excludes halogenated alkanes) is 1. The van der Waals surface area contributed by atoms with Gasteiger partial charge in [0.25, 0.3) is 0 Å². The first-order chi connectivity index (χ1) is 15.9. The van der Waals surface area contributed by atoms with Gasteiger partial charge in [-0.3, -0.25) is 4.79 Å². The van der Waals surface area contributed by atoms with Crippen LogP contribution in [-0.2, 0) is 16.0 Å². The molecule has 0 bridgehead atoms. The van der Waals surface area contributed by atoms with Crippen molar-refractivity contribution in [2.75, 3.05) is 6.54 Å². The lowest BCUT2D eigenvalue weighted by molar-refractivity contribution is -0.121. The van der Waals surface area contributed by atoms with Crippen LogP contribution in [0.15, 0.2) is 54.6 Å². The van der Waals surface area contributed by atoms with E-state index in [-0.39, 0.29) is 30.0 Å². The summed E-state index contributed by atoms with van der Waals surface area (Å²) in [4.78, 5) is 11.5. The first kappa shape index (κ1) is 27.3. The van der Waals surface area contributed by atoms with Crippen LogP contribution in [0.25, 0.3) is 0 Å². The van der Waals surface area contributed by atoms with Gasteiger partial charge in [-0.05, 0) is 64.4 Å². The van der Waals surface area contributed by atoms with Gasteiger partial charge >= 0.3 is 0 Å². The number of carbonyl (C=O) groups excluding carboxylic acids is 1. The molecule has 0 saturated heterocycles. The zero-order chi connectivity index (χ0) is 24.1. The molecule has 3 N–H and O–H groups in total. The highest BCUT2D eigenvalue weighted by Crippen LogP contribution is 2.36. The average molecular weight is 458 g/mol. The van der Waals surface area contributed by atoms with E-state index in [1.165, 1.54) is 5.56 Å². The second-order valence-electron chi connectivity index (χ2n) is 9.30. The molecule has 0 heterocycles. The van der Waals surface area contributed by atoms with Gasteiger partial charge in [-0.2, -0.15) is 0 Å². The van der Waals surface area contributed by atoms with Gasteiger partial charge in [-0.15, -0.1) is 0 Å². The molecule has 33 heavy (non-hydrogen) atoms. The molecule has 1 aromatic rings. The fourth-order valence-corrected chi connectivity index (χ4v) is 4.51. The Morgan fingerprint density at radius 2 is 1.94 bits per heavy atom. The molecule has 2 rings (SSSR count). The van der Waals surface area contributed by atoms with Crippen LogP contribution >= 0.6 is 0 Å². The van der Waals surface area contributed by atoms with Crippen molar-refractivity contribution in [2.24, 2.45) is 11.8 Å². The predicted molar refractivity (Wildman–Crippen MR) is 134 cm³/mol. The summed E-state index contributed by atoms with van der Waals surface area (Å²) in [5.41, 5.74) is 1.29. The highest BCUT2D eigenvalue weighted by atomic mass is 16.5. The van der Waals surface area contributed by atoms with Crippen LogP contribution in [0.3, 0.4) is 0 Å². The third kappa shape index (κ3) is 10.2. The van der Waals surface area contributed by atoms with Gasteiger partial charge in [-0.1, -0.05) is 54.6 Å². The third-order valence-electron chi connectivity index (χ3n) is 6.19. The number of aryl methyl sites for hydroxylation is 1. The first-order valence-corrected chi connectivity index (χ1v) is 12.6. The number of carbonyl (C=O) groups is 1. The van der Waals surface area contributed by atoms with E-state index >= 15 is 0 Å². The Hall–Kier alpha value is -1.95. The minimum absolute atomic E-state index is 0.00952. The predicted octanol–water partition coefficient (Wildman–Crippen LogP) is 4.58. The second kappa shape index (κ2) is 15.0. The van der Waals surface area contributed by atoms with Gasteiger partial charge in [0.15, 0.2) is 0 Å². The molecule has 0 aromatic heterocycles. The van der Waals surface area contributed by atoms with E-state index in [1.54, 1.807) is 0 Å². The zero-order valence-corrected chi connectivity index (χ0v) is 20.5. The van der Waals surface area contributed by atoms with Gasteiger partial charge in [0, 0.05) is 25.3 Å². The van der Waals surface area contributed by atoms with Crippen molar-refractivity contribution in [1.29, 1.82) is 0 Å². The van der Waals surface area contributed by atoms with Crippen LogP contribution in [0.4, 0.5) is 0 Å². The Kier molecular flexibility index (Phi) is 12.4. The van der Waals surface area contributed by atoms with E-state index in [2.05, 4.69) is 53.9 Å². The Balaban J connectivity index is 1.90. The Bertz CT molecular complexity index is 731. The van der Waals surface area contributed by atoms with Gasteiger partial charge < -0.3 is 20.3 Å². The number of ether oxygens (including phenoxy) is 1. The smallest absolute Gasteiger partial charge is 0.219 e. The van der Waals surface area contributed by atoms with E-state index in [0.29, 0.717) is 25.8 Å². The highest BCUT2D eigenvalue weighted by Gasteiger charge is 2.39. The Labute approximate surface area is 199 Å². The average Bonchev–Trinajstić information content (AvgIpc) is 3.05. The van der Waals surface area contributed by atoms with Gasteiger partial charge in [0.05, 0.1) is 24.4 Å². The molecule has 1 amide bonds.